The van der Waals surface area contributed by atoms with Crippen LogP contribution in [-0.2, 0) is 0 Å². The lowest BCUT2D eigenvalue weighted by Gasteiger charge is -2.09. The Morgan fingerprint density at radius 3 is 2.82 bits per heavy atom. The summed E-state index contributed by atoms with van der Waals surface area (Å²) in [6, 6.07) is 4.90. The van der Waals surface area contributed by atoms with Gasteiger partial charge in [-0.05, 0) is 25.5 Å². The molecule has 0 aliphatic rings. The summed E-state index contributed by atoms with van der Waals surface area (Å²) in [5, 5.41) is 11.8. The predicted molar refractivity (Wildman–Crippen MR) is 66.0 cm³/mol. The zero-order valence-electron chi connectivity index (χ0n) is 10.1. The van der Waals surface area contributed by atoms with Crippen molar-refractivity contribution in [1.82, 2.24) is 5.32 Å². The first-order valence-electron chi connectivity index (χ1n) is 5.44. The van der Waals surface area contributed by atoms with Crippen molar-refractivity contribution in [1.29, 1.82) is 0 Å². The van der Waals surface area contributed by atoms with Crippen molar-refractivity contribution in [3.8, 4) is 5.75 Å². The molecule has 4 N–H and O–H groups in total. The van der Waals surface area contributed by atoms with Crippen molar-refractivity contribution < 1.29 is 14.6 Å². The standard InChI is InChI=1S/C12H18N2O3/c1-8(15)5-6-14-12(16)10-4-3-9(17-2)7-11(10)13/h3-4,7-8,15H,5-6,13H2,1-2H3,(H,14,16). The molecule has 0 spiro atoms. The lowest BCUT2D eigenvalue weighted by molar-refractivity contribution is 0.0946. The Bertz CT molecular complexity index is 391. The molecule has 0 saturated heterocycles. The summed E-state index contributed by atoms with van der Waals surface area (Å²) in [5.41, 5.74) is 6.53. The van der Waals surface area contributed by atoms with Crippen LogP contribution in [0.3, 0.4) is 0 Å². The highest BCUT2D eigenvalue weighted by molar-refractivity contribution is 5.99. The van der Waals surface area contributed by atoms with Crippen molar-refractivity contribution >= 4 is 11.6 Å². The Morgan fingerprint density at radius 1 is 1.59 bits per heavy atom. The number of aliphatic hydroxyl groups is 1. The normalized spacial score (nSPS) is 11.9. The number of carbonyl (C=O) groups excluding carboxylic acids is 1. The molecule has 1 unspecified atom stereocenters. The Balaban J connectivity index is 2.63. The molecule has 0 fully saturated rings. The maximum absolute atomic E-state index is 11.7. The molecular weight excluding hydrogens is 220 g/mol. The minimum absolute atomic E-state index is 0.245. The van der Waals surface area contributed by atoms with E-state index in [4.69, 9.17) is 15.6 Å². The van der Waals surface area contributed by atoms with Gasteiger partial charge in [0.25, 0.3) is 5.91 Å². The van der Waals surface area contributed by atoms with E-state index in [1.807, 2.05) is 0 Å². The third-order valence-electron chi connectivity index (χ3n) is 2.35. The lowest BCUT2D eigenvalue weighted by Crippen LogP contribution is -2.27. The fraction of sp³-hybridized carbons (Fsp3) is 0.417. The minimum atomic E-state index is -0.427. The molecule has 1 atom stereocenters. The van der Waals surface area contributed by atoms with Crippen LogP contribution in [-0.4, -0.2) is 30.8 Å². The summed E-state index contributed by atoms with van der Waals surface area (Å²) in [6.07, 6.45) is 0.0884. The third-order valence-corrected chi connectivity index (χ3v) is 2.35. The molecule has 17 heavy (non-hydrogen) atoms. The number of nitrogen functional groups attached to an aromatic ring is 1. The molecule has 0 heterocycles. The Morgan fingerprint density at radius 2 is 2.29 bits per heavy atom. The van der Waals surface area contributed by atoms with Crippen LogP contribution < -0.4 is 15.8 Å². The third kappa shape index (κ3) is 3.96. The zero-order valence-corrected chi connectivity index (χ0v) is 10.1. The van der Waals surface area contributed by atoms with E-state index in [1.54, 1.807) is 25.1 Å². The molecule has 5 nitrogen and oxygen atoms in total. The van der Waals surface area contributed by atoms with Gasteiger partial charge >= 0.3 is 0 Å². The summed E-state index contributed by atoms with van der Waals surface area (Å²) in [6.45, 7) is 2.09. The average Bonchev–Trinajstić information content (AvgIpc) is 2.28. The van der Waals surface area contributed by atoms with E-state index in [1.165, 1.54) is 7.11 Å². The quantitative estimate of drug-likeness (QED) is 0.662. The van der Waals surface area contributed by atoms with Crippen molar-refractivity contribution in [3.63, 3.8) is 0 Å². The number of nitrogens with one attached hydrogen (secondary N) is 1. The number of aliphatic hydroxyl groups excluding tert-OH is 1. The molecule has 5 heteroatoms. The second-order valence-electron chi connectivity index (χ2n) is 3.85. The number of ether oxygens (including phenoxy) is 1. The van der Waals surface area contributed by atoms with Gasteiger partial charge in [-0.2, -0.15) is 0 Å². The number of anilines is 1. The van der Waals surface area contributed by atoms with E-state index in [2.05, 4.69) is 5.32 Å². The predicted octanol–water partition coefficient (Wildman–Crippen LogP) is 0.778. The van der Waals surface area contributed by atoms with Crippen LogP contribution in [0.5, 0.6) is 5.75 Å². The van der Waals surface area contributed by atoms with E-state index < -0.39 is 6.10 Å². The molecule has 1 aromatic carbocycles. The second kappa shape index (κ2) is 6.10. The first-order valence-corrected chi connectivity index (χ1v) is 5.44. The number of hydrogen-bond donors (Lipinski definition) is 3. The van der Waals surface area contributed by atoms with Crippen LogP contribution in [0.25, 0.3) is 0 Å². The summed E-state index contributed by atoms with van der Waals surface area (Å²) >= 11 is 0. The molecule has 0 aromatic heterocycles. The summed E-state index contributed by atoms with van der Waals surface area (Å²) in [4.78, 5) is 11.7. The van der Waals surface area contributed by atoms with Crippen molar-refractivity contribution in [2.75, 3.05) is 19.4 Å². The highest BCUT2D eigenvalue weighted by Crippen LogP contribution is 2.19. The Labute approximate surface area is 101 Å². The van der Waals surface area contributed by atoms with Gasteiger partial charge in [0, 0.05) is 18.3 Å². The van der Waals surface area contributed by atoms with E-state index in [0.717, 1.165) is 0 Å². The number of rotatable bonds is 5. The van der Waals surface area contributed by atoms with Gasteiger partial charge in [-0.3, -0.25) is 4.79 Å². The van der Waals surface area contributed by atoms with Gasteiger partial charge in [0.2, 0.25) is 0 Å². The maximum atomic E-state index is 11.7. The smallest absolute Gasteiger partial charge is 0.253 e. The molecule has 1 aromatic rings. The number of amides is 1. The van der Waals surface area contributed by atoms with Gasteiger partial charge in [-0.25, -0.2) is 0 Å². The van der Waals surface area contributed by atoms with Crippen LogP contribution in [0.15, 0.2) is 18.2 Å². The van der Waals surface area contributed by atoms with Crippen LogP contribution in [0.2, 0.25) is 0 Å². The maximum Gasteiger partial charge on any atom is 0.253 e. The second-order valence-corrected chi connectivity index (χ2v) is 3.85. The van der Waals surface area contributed by atoms with Gasteiger partial charge < -0.3 is 20.9 Å². The largest absolute Gasteiger partial charge is 0.497 e. The van der Waals surface area contributed by atoms with Crippen LogP contribution in [0, 0.1) is 0 Å². The zero-order chi connectivity index (χ0) is 12.8. The van der Waals surface area contributed by atoms with Gasteiger partial charge in [-0.15, -0.1) is 0 Å². The molecule has 0 saturated carbocycles. The van der Waals surface area contributed by atoms with Crippen molar-refractivity contribution in [2.24, 2.45) is 0 Å². The first kappa shape index (κ1) is 13.3. The molecule has 1 rings (SSSR count). The number of carbonyl (C=O) groups is 1. The summed E-state index contributed by atoms with van der Waals surface area (Å²) in [7, 11) is 1.54. The number of nitrogens with two attached hydrogens (primary N) is 1. The van der Waals surface area contributed by atoms with E-state index in [-0.39, 0.29) is 5.91 Å². The number of hydrogen-bond acceptors (Lipinski definition) is 4. The molecule has 94 valence electrons. The fourth-order valence-corrected chi connectivity index (χ4v) is 1.36. The van der Waals surface area contributed by atoms with Gasteiger partial charge in [0.1, 0.15) is 5.75 Å². The summed E-state index contributed by atoms with van der Waals surface area (Å²) in [5.74, 6) is 0.369. The highest BCUT2D eigenvalue weighted by Gasteiger charge is 2.10. The number of methoxy groups -OCH3 is 1. The number of benzene rings is 1. The average molecular weight is 238 g/mol. The topological polar surface area (TPSA) is 84.6 Å². The van der Waals surface area contributed by atoms with Gasteiger partial charge in [0.15, 0.2) is 0 Å². The van der Waals surface area contributed by atoms with Gasteiger partial charge in [0.05, 0.1) is 18.8 Å². The molecular formula is C12H18N2O3. The van der Waals surface area contributed by atoms with Crippen LogP contribution in [0.1, 0.15) is 23.7 Å². The van der Waals surface area contributed by atoms with Crippen molar-refractivity contribution in [3.05, 3.63) is 23.8 Å². The van der Waals surface area contributed by atoms with E-state index >= 15 is 0 Å². The molecule has 0 bridgehead atoms. The van der Waals surface area contributed by atoms with E-state index in [9.17, 15) is 4.79 Å². The Hall–Kier alpha value is -1.75. The minimum Gasteiger partial charge on any atom is -0.497 e. The van der Waals surface area contributed by atoms with Crippen LogP contribution in [0.4, 0.5) is 5.69 Å². The Kier molecular flexibility index (Phi) is 4.78. The van der Waals surface area contributed by atoms with Gasteiger partial charge in [-0.1, -0.05) is 0 Å². The molecule has 0 aliphatic carbocycles. The lowest BCUT2D eigenvalue weighted by atomic mass is 10.1. The SMILES string of the molecule is COc1ccc(C(=O)NCCC(C)O)c(N)c1. The first-order chi connectivity index (χ1) is 8.04. The fourth-order valence-electron chi connectivity index (χ4n) is 1.36. The highest BCUT2D eigenvalue weighted by atomic mass is 16.5. The monoisotopic (exact) mass is 238 g/mol. The molecule has 0 aliphatic heterocycles. The molecule has 1 amide bonds. The molecule has 0 radical (unpaired) electrons. The van der Waals surface area contributed by atoms with Crippen LogP contribution >= 0.6 is 0 Å². The van der Waals surface area contributed by atoms with E-state index in [0.29, 0.717) is 30.0 Å². The van der Waals surface area contributed by atoms with Crippen molar-refractivity contribution in [2.45, 2.75) is 19.4 Å². The summed E-state index contributed by atoms with van der Waals surface area (Å²) < 4.78 is 5.00.